The number of nitrogens with one attached hydrogen (secondary N) is 1. The van der Waals surface area contributed by atoms with Gasteiger partial charge in [-0.25, -0.2) is 4.68 Å². The highest BCUT2D eigenvalue weighted by atomic mass is 16.5. The molecule has 1 aliphatic heterocycles. The van der Waals surface area contributed by atoms with E-state index in [1.807, 2.05) is 36.4 Å². The Bertz CT molecular complexity index is 1040. The molecule has 3 aromatic rings. The summed E-state index contributed by atoms with van der Waals surface area (Å²) in [6, 6.07) is 11.1. The van der Waals surface area contributed by atoms with Crippen molar-refractivity contribution in [1.82, 2.24) is 14.8 Å². The number of furan rings is 1. The first-order chi connectivity index (χ1) is 13.3. The fourth-order valence-corrected chi connectivity index (χ4v) is 4.06. The number of allylic oxidation sites excluding steroid dienone is 2. The Morgan fingerprint density at radius 1 is 1.22 bits per heavy atom. The third-order valence-electron chi connectivity index (χ3n) is 5.24. The van der Waals surface area contributed by atoms with Crippen molar-refractivity contribution in [1.29, 1.82) is 0 Å². The van der Waals surface area contributed by atoms with Gasteiger partial charge in [-0.1, -0.05) is 18.2 Å². The number of benzene rings is 1. The third kappa shape index (κ3) is 2.46. The van der Waals surface area contributed by atoms with Gasteiger partial charge in [0.15, 0.2) is 5.78 Å². The standard InChI is InChI=1S/C20H18N4O3/c1-26-17-6-3-2-5-13(17)19-18-14(23-20-21-11-22-24(19)20)9-12(10-15(18)25)16-7-4-8-27-16/h2-8,11-12,19H,9-10H2,1H3,(H,21,22,23). The normalized spacial score (nSPS) is 21.4. The molecule has 0 spiro atoms. The second kappa shape index (κ2) is 6.12. The monoisotopic (exact) mass is 362 g/mol. The van der Waals surface area contributed by atoms with E-state index >= 15 is 0 Å². The molecule has 7 heteroatoms. The first-order valence-corrected chi connectivity index (χ1v) is 8.85. The van der Waals surface area contributed by atoms with Gasteiger partial charge in [-0.05, 0) is 24.6 Å². The zero-order valence-corrected chi connectivity index (χ0v) is 14.8. The van der Waals surface area contributed by atoms with Gasteiger partial charge in [-0.3, -0.25) is 4.79 Å². The first-order valence-electron chi connectivity index (χ1n) is 8.85. The van der Waals surface area contributed by atoms with Gasteiger partial charge in [0.25, 0.3) is 0 Å². The van der Waals surface area contributed by atoms with Crippen LogP contribution < -0.4 is 10.1 Å². The molecule has 27 heavy (non-hydrogen) atoms. The van der Waals surface area contributed by atoms with Crippen molar-refractivity contribution < 1.29 is 13.9 Å². The molecule has 0 radical (unpaired) electrons. The molecule has 7 nitrogen and oxygen atoms in total. The van der Waals surface area contributed by atoms with E-state index in [0.29, 0.717) is 18.8 Å². The summed E-state index contributed by atoms with van der Waals surface area (Å²) in [7, 11) is 1.63. The number of hydrogen-bond acceptors (Lipinski definition) is 6. The molecule has 2 atom stereocenters. The number of carbonyl (C=O) groups is 1. The molecular weight excluding hydrogens is 344 g/mol. The van der Waals surface area contributed by atoms with Gasteiger partial charge in [-0.15, -0.1) is 0 Å². The number of ether oxygens (including phenoxy) is 1. The molecule has 0 fully saturated rings. The van der Waals surface area contributed by atoms with Crippen LogP contribution in [-0.2, 0) is 4.79 Å². The highest BCUT2D eigenvalue weighted by Gasteiger charge is 2.40. The lowest BCUT2D eigenvalue weighted by Crippen LogP contribution is -2.33. The van der Waals surface area contributed by atoms with E-state index in [1.165, 1.54) is 6.33 Å². The summed E-state index contributed by atoms with van der Waals surface area (Å²) in [5.41, 5.74) is 2.50. The summed E-state index contributed by atoms with van der Waals surface area (Å²) >= 11 is 0. The highest BCUT2D eigenvalue weighted by Crippen LogP contribution is 2.45. The number of anilines is 1. The molecule has 0 bridgehead atoms. The Morgan fingerprint density at radius 2 is 2.11 bits per heavy atom. The van der Waals surface area contributed by atoms with E-state index in [-0.39, 0.29) is 17.7 Å². The molecule has 1 aliphatic carbocycles. The van der Waals surface area contributed by atoms with E-state index in [4.69, 9.17) is 9.15 Å². The Hall–Kier alpha value is -3.35. The van der Waals surface area contributed by atoms with Crippen molar-refractivity contribution in [3.05, 3.63) is 71.6 Å². The SMILES string of the molecule is COc1ccccc1C1C2=C(CC(c3ccco3)CC2=O)Nc2ncnn21. The van der Waals surface area contributed by atoms with Crippen LogP contribution in [0.2, 0.25) is 0 Å². The van der Waals surface area contributed by atoms with Crippen LogP contribution in [0.15, 0.2) is 64.7 Å². The summed E-state index contributed by atoms with van der Waals surface area (Å²) in [5.74, 6) is 2.28. The van der Waals surface area contributed by atoms with Crippen LogP contribution in [0.5, 0.6) is 5.75 Å². The molecule has 2 aliphatic rings. The summed E-state index contributed by atoms with van der Waals surface area (Å²) in [5, 5.41) is 7.67. The molecule has 0 saturated carbocycles. The lowest BCUT2D eigenvalue weighted by Gasteiger charge is -2.34. The number of fused-ring (bicyclic) bond motifs is 1. The summed E-state index contributed by atoms with van der Waals surface area (Å²) in [6.45, 7) is 0. The van der Waals surface area contributed by atoms with Gasteiger partial charge in [0.1, 0.15) is 23.9 Å². The fourth-order valence-electron chi connectivity index (χ4n) is 4.06. The first kappa shape index (κ1) is 15.9. The number of rotatable bonds is 3. The maximum atomic E-state index is 13.2. The van der Waals surface area contributed by atoms with Crippen molar-refractivity contribution >= 4 is 11.7 Å². The minimum absolute atomic E-state index is 0.0199. The predicted molar refractivity (Wildman–Crippen MR) is 97.5 cm³/mol. The van der Waals surface area contributed by atoms with Gasteiger partial charge in [0.05, 0.1) is 13.4 Å². The van der Waals surface area contributed by atoms with Crippen LogP contribution in [-0.4, -0.2) is 27.7 Å². The minimum Gasteiger partial charge on any atom is -0.496 e. The largest absolute Gasteiger partial charge is 0.496 e. The predicted octanol–water partition coefficient (Wildman–Crippen LogP) is 3.30. The Kier molecular flexibility index (Phi) is 3.60. The van der Waals surface area contributed by atoms with Crippen molar-refractivity contribution in [3.8, 4) is 5.75 Å². The van der Waals surface area contributed by atoms with Gasteiger partial charge in [0.2, 0.25) is 5.95 Å². The smallest absolute Gasteiger partial charge is 0.226 e. The third-order valence-corrected chi connectivity index (χ3v) is 5.24. The molecule has 3 heterocycles. The van der Waals surface area contributed by atoms with Crippen molar-refractivity contribution in [2.75, 3.05) is 12.4 Å². The van der Waals surface area contributed by atoms with Crippen LogP contribution in [0.1, 0.15) is 36.1 Å². The van der Waals surface area contributed by atoms with Crippen LogP contribution in [0, 0.1) is 0 Å². The van der Waals surface area contributed by atoms with Gasteiger partial charge in [-0.2, -0.15) is 10.1 Å². The zero-order chi connectivity index (χ0) is 18.4. The van der Waals surface area contributed by atoms with Gasteiger partial charge >= 0.3 is 0 Å². The Morgan fingerprint density at radius 3 is 2.93 bits per heavy atom. The van der Waals surface area contributed by atoms with E-state index < -0.39 is 0 Å². The molecule has 1 N–H and O–H groups in total. The lowest BCUT2D eigenvalue weighted by atomic mass is 9.79. The van der Waals surface area contributed by atoms with Crippen LogP contribution in [0.3, 0.4) is 0 Å². The zero-order valence-electron chi connectivity index (χ0n) is 14.8. The molecule has 136 valence electrons. The van der Waals surface area contributed by atoms with Gasteiger partial charge in [0, 0.05) is 29.2 Å². The van der Waals surface area contributed by atoms with Crippen LogP contribution in [0.4, 0.5) is 5.95 Å². The van der Waals surface area contributed by atoms with E-state index in [1.54, 1.807) is 18.1 Å². The summed E-state index contributed by atoms with van der Waals surface area (Å²) in [6.07, 6.45) is 4.24. The van der Waals surface area contributed by atoms with Crippen molar-refractivity contribution in [2.24, 2.45) is 0 Å². The Labute approximate surface area is 155 Å². The molecule has 5 rings (SSSR count). The number of aromatic nitrogens is 3. The number of carbonyl (C=O) groups excluding carboxylic acids is 1. The number of nitrogens with zero attached hydrogens (tertiary/aromatic N) is 3. The van der Waals surface area contributed by atoms with Crippen molar-refractivity contribution in [3.63, 3.8) is 0 Å². The summed E-state index contributed by atoms with van der Waals surface area (Å²) < 4.78 is 12.9. The van der Waals surface area contributed by atoms with E-state index in [9.17, 15) is 4.79 Å². The molecule has 0 saturated heterocycles. The fraction of sp³-hybridized carbons (Fsp3) is 0.250. The molecular formula is C20H18N4O3. The van der Waals surface area contributed by atoms with Gasteiger partial charge < -0.3 is 14.5 Å². The second-order valence-corrected chi connectivity index (χ2v) is 6.73. The lowest BCUT2D eigenvalue weighted by molar-refractivity contribution is -0.117. The average molecular weight is 362 g/mol. The topological polar surface area (TPSA) is 82.2 Å². The maximum absolute atomic E-state index is 13.2. The number of Topliss-reactive ketones (excluding diaryl/α,β-unsaturated/α-hetero) is 1. The van der Waals surface area contributed by atoms with Crippen LogP contribution in [0.25, 0.3) is 0 Å². The molecule has 0 amide bonds. The van der Waals surface area contributed by atoms with E-state index in [0.717, 1.165) is 28.3 Å². The maximum Gasteiger partial charge on any atom is 0.226 e. The second-order valence-electron chi connectivity index (χ2n) is 6.73. The average Bonchev–Trinajstić information content (AvgIpc) is 3.38. The number of methoxy groups -OCH3 is 1. The minimum atomic E-state index is -0.361. The summed E-state index contributed by atoms with van der Waals surface area (Å²) in [4.78, 5) is 17.5. The number of ketones is 1. The van der Waals surface area contributed by atoms with Crippen molar-refractivity contribution in [2.45, 2.75) is 24.8 Å². The molecule has 1 aromatic carbocycles. The van der Waals surface area contributed by atoms with Crippen LogP contribution >= 0.6 is 0 Å². The molecule has 2 unspecified atom stereocenters. The molecule has 2 aromatic heterocycles. The number of hydrogen-bond donors (Lipinski definition) is 1. The quantitative estimate of drug-likeness (QED) is 0.770. The number of para-hydroxylation sites is 1. The Balaban J connectivity index is 1.65. The van der Waals surface area contributed by atoms with E-state index in [2.05, 4.69) is 15.4 Å². The highest BCUT2D eigenvalue weighted by molar-refractivity contribution is 6.00.